The summed E-state index contributed by atoms with van der Waals surface area (Å²) in [6.45, 7) is 13.9. The predicted octanol–water partition coefficient (Wildman–Crippen LogP) is -1.44. The van der Waals surface area contributed by atoms with E-state index in [0.717, 1.165) is 25.7 Å². The van der Waals surface area contributed by atoms with Gasteiger partial charge in [0, 0.05) is 22.7 Å². The van der Waals surface area contributed by atoms with Crippen LogP contribution in [0.2, 0.25) is 0 Å². The summed E-state index contributed by atoms with van der Waals surface area (Å²) in [7, 11) is 0. The smallest absolute Gasteiger partial charge is 0.187 e. The molecule has 22 nitrogen and oxygen atoms in total. The first-order chi connectivity index (χ1) is 35.6. The molecule has 9 rings (SSSR count). The first-order valence-corrected chi connectivity index (χ1v) is 27.4. The van der Waals surface area contributed by atoms with E-state index in [9.17, 15) is 71.2 Å². The van der Waals surface area contributed by atoms with E-state index in [-0.39, 0.29) is 47.1 Å². The SMILES string of the molecule is C[C@@H]1O[C@H](O[C@@H]2[C@@H](O)[C@H](O)[C@@H](O[C@H]3[C@H](O)[C@@H](O[C@@H]4[C@@H](O[C@H]5CC[C@@]6(C)[C@@H](CC[C@]7(C)[C@@H]6C=CC6=C8CC(C)(C)C(=O)C[C@]8(CO)CC[C@]67C)[C@]5(C)CO)O[C@@H](C)[C@H](O)[C@H]4O)O[C@@H](CO)[C@@H]3O)O[C@H]2CO)[C@@H](O)[C@H](O)[C@H]1O. The molecule has 0 aromatic carbocycles. The third kappa shape index (κ3) is 9.26. The minimum absolute atomic E-state index is 0.0707. The quantitative estimate of drug-likeness (QED) is 0.0996. The van der Waals surface area contributed by atoms with Crippen molar-refractivity contribution in [3.05, 3.63) is 23.3 Å². The molecule has 3 saturated carbocycles. The highest BCUT2D eigenvalue weighted by atomic mass is 16.8. The highest BCUT2D eigenvalue weighted by Crippen LogP contribution is 2.74. The van der Waals surface area contributed by atoms with Crippen LogP contribution in [0, 0.1) is 44.3 Å². The van der Waals surface area contributed by atoms with Crippen molar-refractivity contribution >= 4 is 5.78 Å². The van der Waals surface area contributed by atoms with Crippen LogP contribution in [-0.2, 0) is 42.7 Å². The third-order valence-electron chi connectivity index (χ3n) is 20.9. The zero-order chi connectivity index (χ0) is 55.6. The van der Waals surface area contributed by atoms with E-state index in [2.05, 4.69) is 32.9 Å². The van der Waals surface area contributed by atoms with Gasteiger partial charge in [0.25, 0.3) is 0 Å². The summed E-state index contributed by atoms with van der Waals surface area (Å²) in [6.07, 6.45) is -24.0. The summed E-state index contributed by atoms with van der Waals surface area (Å²) in [6, 6.07) is 0. The van der Waals surface area contributed by atoms with Gasteiger partial charge in [-0.25, -0.2) is 0 Å². The molecule has 0 aromatic heterocycles. The maximum atomic E-state index is 13.4. The van der Waals surface area contributed by atoms with Gasteiger partial charge in [0.15, 0.2) is 25.2 Å². The average Bonchev–Trinajstić information content (AvgIpc) is 3.58. The van der Waals surface area contributed by atoms with Crippen LogP contribution in [0.15, 0.2) is 23.3 Å². The van der Waals surface area contributed by atoms with Gasteiger partial charge in [-0.1, -0.05) is 59.3 Å². The Hall–Kier alpha value is -1.69. The number of hydrogen-bond donors (Lipinski definition) is 13. The lowest BCUT2D eigenvalue weighted by molar-refractivity contribution is -0.395. The Labute approximate surface area is 443 Å². The van der Waals surface area contributed by atoms with Crippen LogP contribution in [0.25, 0.3) is 0 Å². The summed E-state index contributed by atoms with van der Waals surface area (Å²) in [5.41, 5.74) is -0.317. The molecular formula is C54H86O22. The Morgan fingerprint density at radius 3 is 1.76 bits per heavy atom. The number of ketones is 1. The summed E-state index contributed by atoms with van der Waals surface area (Å²) in [5, 5.41) is 143. The second kappa shape index (κ2) is 21.2. The average molecular weight is 1090 g/mol. The second-order valence-electron chi connectivity index (χ2n) is 25.6. The molecule has 5 aliphatic carbocycles. The summed E-state index contributed by atoms with van der Waals surface area (Å²) >= 11 is 0. The zero-order valence-electron chi connectivity index (χ0n) is 44.9. The molecular weight excluding hydrogens is 1000 g/mol. The van der Waals surface area contributed by atoms with Gasteiger partial charge >= 0.3 is 0 Å². The van der Waals surface area contributed by atoms with Crippen LogP contribution < -0.4 is 0 Å². The second-order valence-corrected chi connectivity index (χ2v) is 25.6. The van der Waals surface area contributed by atoms with E-state index in [1.807, 2.05) is 20.8 Å². The number of ether oxygens (including phenoxy) is 8. The molecule has 4 saturated heterocycles. The maximum absolute atomic E-state index is 13.4. The molecule has 0 amide bonds. The number of aliphatic hydroxyl groups is 13. The Balaban J connectivity index is 0.930. The lowest BCUT2D eigenvalue weighted by atomic mass is 9.35. The molecule has 4 heterocycles. The van der Waals surface area contributed by atoms with Gasteiger partial charge in [-0.05, 0) is 92.4 Å². The molecule has 28 atom stereocenters. The van der Waals surface area contributed by atoms with E-state index >= 15 is 0 Å². The number of allylic oxidation sites excluding steroid dienone is 3. The predicted molar refractivity (Wildman–Crippen MR) is 262 cm³/mol. The molecule has 434 valence electrons. The van der Waals surface area contributed by atoms with Gasteiger partial charge in [0.2, 0.25) is 0 Å². The van der Waals surface area contributed by atoms with Crippen molar-refractivity contribution in [2.45, 2.75) is 236 Å². The van der Waals surface area contributed by atoms with Crippen LogP contribution in [0.4, 0.5) is 0 Å². The van der Waals surface area contributed by atoms with Crippen LogP contribution in [0.5, 0.6) is 0 Å². The van der Waals surface area contributed by atoms with Crippen LogP contribution >= 0.6 is 0 Å². The van der Waals surface area contributed by atoms with Crippen molar-refractivity contribution in [3.8, 4) is 0 Å². The standard InChI is InChI=1S/C54H86O22/c1-23-33(60)36(63)39(66)45(69-23)74-42-28(20-56)72-46(40(67)38(42)65)75-43-35(62)27(19-55)71-47(41(43)68)76-44-37(64)34(61)24(2)70-48(44)73-32-12-13-50(5)29(51(32,6)21-57)11-14-53(8)30(50)10-9-25-26-17-49(3,4)31(59)18-54(26,22-58)16-15-52(25,53)7/h9-10,23-24,27-30,32-48,55-58,60-68H,11-22H2,1-8H3/t23-,24-,27-,28-,29+,30+,32-,33-,34-,35-,36+,37+,38-,39-,40-,41-,42-,43+,44-,45+,46+,47+,48+,50-,51-,52+,53+,54-/m0/s1. The lowest BCUT2D eigenvalue weighted by Crippen LogP contribution is -2.68. The van der Waals surface area contributed by atoms with E-state index in [1.54, 1.807) is 6.92 Å². The molecule has 0 radical (unpaired) electrons. The molecule has 7 fully saturated rings. The summed E-state index contributed by atoms with van der Waals surface area (Å²) < 4.78 is 48.1. The van der Waals surface area contributed by atoms with E-state index in [0.29, 0.717) is 25.7 Å². The fourth-order valence-corrected chi connectivity index (χ4v) is 15.7. The number of hydrogen-bond acceptors (Lipinski definition) is 22. The van der Waals surface area contributed by atoms with E-state index in [1.165, 1.54) is 18.1 Å². The molecule has 0 aromatic rings. The first-order valence-electron chi connectivity index (χ1n) is 27.4. The Kier molecular flexibility index (Phi) is 16.5. The Bertz CT molecular complexity index is 2160. The van der Waals surface area contributed by atoms with Crippen LogP contribution in [0.3, 0.4) is 0 Å². The van der Waals surface area contributed by atoms with E-state index < -0.39 is 158 Å². The highest BCUT2D eigenvalue weighted by Gasteiger charge is 2.69. The lowest BCUT2D eigenvalue weighted by Gasteiger charge is -2.69. The largest absolute Gasteiger partial charge is 0.396 e. The molecule has 22 heteroatoms. The van der Waals surface area contributed by atoms with Crippen molar-refractivity contribution in [2.24, 2.45) is 44.3 Å². The molecule has 4 aliphatic heterocycles. The Morgan fingerprint density at radius 2 is 1.12 bits per heavy atom. The van der Waals surface area contributed by atoms with Crippen molar-refractivity contribution in [3.63, 3.8) is 0 Å². The van der Waals surface area contributed by atoms with Crippen molar-refractivity contribution in [1.29, 1.82) is 0 Å². The topological polar surface area (TPSA) is 354 Å². The number of fused-ring (bicyclic) bond motifs is 6. The molecule has 0 bridgehead atoms. The van der Waals surface area contributed by atoms with Crippen molar-refractivity contribution in [2.75, 3.05) is 26.4 Å². The highest BCUT2D eigenvalue weighted by molar-refractivity contribution is 5.87. The van der Waals surface area contributed by atoms with Crippen LogP contribution in [0.1, 0.15) is 107 Å². The van der Waals surface area contributed by atoms with Gasteiger partial charge in [-0.15, -0.1) is 0 Å². The molecule has 0 spiro atoms. The number of Topliss-reactive ketones (excluding diaryl/α,β-unsaturated/α-hetero) is 1. The fraction of sp³-hybridized carbons (Fsp3) is 0.907. The molecule has 76 heavy (non-hydrogen) atoms. The molecule has 0 unspecified atom stereocenters. The first kappa shape index (κ1) is 58.9. The van der Waals surface area contributed by atoms with Gasteiger partial charge < -0.3 is 104 Å². The fourth-order valence-electron chi connectivity index (χ4n) is 15.7. The molecule has 9 aliphatic rings. The van der Waals surface area contributed by atoms with Gasteiger partial charge in [-0.2, -0.15) is 0 Å². The van der Waals surface area contributed by atoms with Crippen molar-refractivity contribution in [1.82, 2.24) is 0 Å². The van der Waals surface area contributed by atoms with Gasteiger partial charge in [-0.3, -0.25) is 4.79 Å². The van der Waals surface area contributed by atoms with Gasteiger partial charge in [0.05, 0.1) is 44.7 Å². The summed E-state index contributed by atoms with van der Waals surface area (Å²) in [5.74, 6) is 0.188. The van der Waals surface area contributed by atoms with Crippen molar-refractivity contribution < 1.29 is 109 Å². The van der Waals surface area contributed by atoms with E-state index in [4.69, 9.17) is 37.9 Å². The number of carbonyl (C=O) groups is 1. The minimum Gasteiger partial charge on any atom is -0.396 e. The van der Waals surface area contributed by atoms with Crippen LogP contribution in [-0.4, -0.2) is 228 Å². The molecule has 13 N–H and O–H groups in total. The summed E-state index contributed by atoms with van der Waals surface area (Å²) in [4.78, 5) is 13.4. The zero-order valence-corrected chi connectivity index (χ0v) is 44.9. The monoisotopic (exact) mass is 1090 g/mol. The minimum atomic E-state index is -2.03. The van der Waals surface area contributed by atoms with Gasteiger partial charge in [0.1, 0.15) is 91.2 Å². The number of aliphatic hydroxyl groups excluding tert-OH is 13. The number of rotatable bonds is 12. The third-order valence-corrected chi connectivity index (χ3v) is 20.9. The number of carbonyl (C=O) groups excluding carboxylic acids is 1. The normalized spacial score (nSPS) is 54.3. The Morgan fingerprint density at radius 1 is 0.553 bits per heavy atom. The maximum Gasteiger partial charge on any atom is 0.187 e.